The lowest BCUT2D eigenvalue weighted by atomic mass is 10.2. The second-order valence-electron chi connectivity index (χ2n) is 4.60. The fourth-order valence-electron chi connectivity index (χ4n) is 2.25. The number of hydrogen-bond donors (Lipinski definition) is 1. The van der Waals surface area contributed by atoms with Crippen molar-refractivity contribution in [1.82, 2.24) is 9.97 Å². The van der Waals surface area contributed by atoms with Crippen LogP contribution in [0.5, 0.6) is 0 Å². The standard InChI is InChI=1S/C16H11N3OS/c17-11-5-3-4-10-14(8-9-18-15(10)11)21-16-19-12-6-1-2-7-13(12)20-16/h1-9H,17H2. The van der Waals surface area contributed by atoms with E-state index in [0.717, 1.165) is 26.9 Å². The van der Waals surface area contributed by atoms with E-state index in [1.165, 1.54) is 11.8 Å². The summed E-state index contributed by atoms with van der Waals surface area (Å²) >= 11 is 1.48. The van der Waals surface area contributed by atoms with Crippen molar-refractivity contribution in [2.24, 2.45) is 0 Å². The summed E-state index contributed by atoms with van der Waals surface area (Å²) in [6.45, 7) is 0. The second-order valence-corrected chi connectivity index (χ2v) is 5.60. The van der Waals surface area contributed by atoms with Gasteiger partial charge in [0.2, 0.25) is 0 Å². The fourth-order valence-corrected chi connectivity index (χ4v) is 3.12. The molecule has 2 aromatic heterocycles. The maximum Gasteiger partial charge on any atom is 0.261 e. The molecule has 0 saturated carbocycles. The molecule has 5 heteroatoms. The maximum absolute atomic E-state index is 5.97. The van der Waals surface area contributed by atoms with Gasteiger partial charge in [-0.05, 0) is 36.0 Å². The van der Waals surface area contributed by atoms with E-state index in [1.54, 1.807) is 6.20 Å². The smallest absolute Gasteiger partial charge is 0.261 e. The fraction of sp³-hybridized carbons (Fsp3) is 0. The van der Waals surface area contributed by atoms with Crippen LogP contribution in [-0.2, 0) is 0 Å². The molecule has 4 aromatic rings. The van der Waals surface area contributed by atoms with Gasteiger partial charge in [0.05, 0.1) is 11.2 Å². The molecule has 0 saturated heterocycles. The summed E-state index contributed by atoms with van der Waals surface area (Å²) in [7, 11) is 0. The minimum Gasteiger partial charge on any atom is -0.431 e. The van der Waals surface area contributed by atoms with Gasteiger partial charge in [0, 0.05) is 16.5 Å². The molecule has 0 fully saturated rings. The van der Waals surface area contributed by atoms with E-state index in [9.17, 15) is 0 Å². The van der Waals surface area contributed by atoms with E-state index in [4.69, 9.17) is 10.2 Å². The van der Waals surface area contributed by atoms with Crippen LogP contribution in [0.15, 0.2) is 69.3 Å². The van der Waals surface area contributed by atoms with Crippen LogP contribution < -0.4 is 5.73 Å². The summed E-state index contributed by atoms with van der Waals surface area (Å²) in [6.07, 6.45) is 1.75. The predicted molar refractivity (Wildman–Crippen MR) is 84.3 cm³/mol. The number of para-hydroxylation sites is 3. The molecule has 0 aliphatic carbocycles. The van der Waals surface area contributed by atoms with Crippen LogP contribution in [0.1, 0.15) is 0 Å². The van der Waals surface area contributed by atoms with Crippen LogP contribution in [0.4, 0.5) is 5.69 Å². The van der Waals surface area contributed by atoms with E-state index >= 15 is 0 Å². The van der Waals surface area contributed by atoms with Crippen molar-refractivity contribution in [2.45, 2.75) is 10.1 Å². The van der Waals surface area contributed by atoms with Gasteiger partial charge < -0.3 is 10.2 Å². The number of nitrogens with two attached hydrogens (primary N) is 1. The minimum atomic E-state index is 0.617. The number of anilines is 1. The molecule has 102 valence electrons. The van der Waals surface area contributed by atoms with Crippen molar-refractivity contribution in [2.75, 3.05) is 5.73 Å². The van der Waals surface area contributed by atoms with E-state index in [1.807, 2.05) is 48.5 Å². The molecule has 0 amide bonds. The van der Waals surface area contributed by atoms with Crippen molar-refractivity contribution in [3.05, 3.63) is 54.7 Å². The second kappa shape index (κ2) is 4.79. The highest BCUT2D eigenvalue weighted by Gasteiger charge is 2.10. The molecule has 0 bridgehead atoms. The van der Waals surface area contributed by atoms with Crippen LogP contribution in [-0.4, -0.2) is 9.97 Å². The highest BCUT2D eigenvalue weighted by atomic mass is 32.2. The van der Waals surface area contributed by atoms with Crippen molar-refractivity contribution in [1.29, 1.82) is 0 Å². The van der Waals surface area contributed by atoms with Gasteiger partial charge in [0.25, 0.3) is 5.22 Å². The van der Waals surface area contributed by atoms with Crippen molar-refractivity contribution >= 4 is 39.5 Å². The van der Waals surface area contributed by atoms with Crippen molar-refractivity contribution < 1.29 is 4.42 Å². The summed E-state index contributed by atoms with van der Waals surface area (Å²) in [4.78, 5) is 9.85. The number of nitrogen functional groups attached to an aromatic ring is 1. The quantitative estimate of drug-likeness (QED) is 0.563. The van der Waals surface area contributed by atoms with Crippen LogP contribution >= 0.6 is 11.8 Å². The minimum absolute atomic E-state index is 0.617. The Kier molecular flexibility index (Phi) is 2.79. The molecule has 0 aliphatic heterocycles. The van der Waals surface area contributed by atoms with Gasteiger partial charge in [-0.1, -0.05) is 24.3 Å². The lowest BCUT2D eigenvalue weighted by Crippen LogP contribution is -1.90. The lowest BCUT2D eigenvalue weighted by Gasteiger charge is -2.04. The molecule has 2 aromatic carbocycles. The van der Waals surface area contributed by atoms with Crippen LogP contribution in [0, 0.1) is 0 Å². The largest absolute Gasteiger partial charge is 0.431 e. The SMILES string of the molecule is Nc1cccc2c(Sc3nc4ccccc4o3)ccnc12. The Hall–Kier alpha value is -2.53. The summed E-state index contributed by atoms with van der Waals surface area (Å²) in [6, 6.07) is 15.5. The Morgan fingerprint density at radius 1 is 1.00 bits per heavy atom. The Morgan fingerprint density at radius 2 is 1.90 bits per heavy atom. The first-order valence-electron chi connectivity index (χ1n) is 6.48. The normalized spacial score (nSPS) is 11.2. The highest BCUT2D eigenvalue weighted by molar-refractivity contribution is 7.99. The zero-order valence-electron chi connectivity index (χ0n) is 11.0. The molecule has 0 spiro atoms. The summed E-state index contributed by atoms with van der Waals surface area (Å²) in [5.41, 5.74) is 9.10. The first-order chi connectivity index (χ1) is 10.3. The first-order valence-corrected chi connectivity index (χ1v) is 7.29. The van der Waals surface area contributed by atoms with Crippen molar-refractivity contribution in [3.63, 3.8) is 0 Å². The molecule has 0 unspecified atom stereocenters. The number of hydrogen-bond acceptors (Lipinski definition) is 5. The Morgan fingerprint density at radius 3 is 2.81 bits per heavy atom. The first kappa shape index (κ1) is 12.2. The summed E-state index contributed by atoms with van der Waals surface area (Å²) in [5.74, 6) is 0. The van der Waals surface area contributed by atoms with Gasteiger partial charge in [-0.15, -0.1) is 0 Å². The molecule has 2 N–H and O–H groups in total. The number of nitrogens with zero attached hydrogens (tertiary/aromatic N) is 2. The predicted octanol–water partition coefficient (Wildman–Crippen LogP) is 4.11. The molecule has 0 aliphatic rings. The number of fused-ring (bicyclic) bond motifs is 2. The third kappa shape index (κ3) is 2.11. The van der Waals surface area contributed by atoms with E-state index in [0.29, 0.717) is 10.9 Å². The average molecular weight is 293 g/mol. The zero-order chi connectivity index (χ0) is 14.2. The average Bonchev–Trinajstić information content (AvgIpc) is 2.90. The Bertz CT molecular complexity index is 915. The van der Waals surface area contributed by atoms with Gasteiger partial charge in [-0.3, -0.25) is 4.98 Å². The van der Waals surface area contributed by atoms with Crippen LogP contribution in [0.2, 0.25) is 0 Å². The highest BCUT2D eigenvalue weighted by Crippen LogP contribution is 2.35. The molecule has 0 radical (unpaired) electrons. The molecular weight excluding hydrogens is 282 g/mol. The molecule has 2 heterocycles. The summed E-state index contributed by atoms with van der Waals surface area (Å²) in [5, 5.41) is 1.62. The molecule has 21 heavy (non-hydrogen) atoms. The van der Waals surface area contributed by atoms with E-state index in [-0.39, 0.29) is 0 Å². The van der Waals surface area contributed by atoms with E-state index < -0.39 is 0 Å². The van der Waals surface area contributed by atoms with Crippen molar-refractivity contribution in [3.8, 4) is 0 Å². The molecule has 4 nitrogen and oxygen atoms in total. The van der Waals surface area contributed by atoms with Gasteiger partial charge in [0.15, 0.2) is 5.58 Å². The van der Waals surface area contributed by atoms with E-state index in [2.05, 4.69) is 9.97 Å². The molecule has 4 rings (SSSR count). The van der Waals surface area contributed by atoms with Gasteiger partial charge in [0.1, 0.15) is 5.52 Å². The van der Waals surface area contributed by atoms with Gasteiger partial charge in [-0.25, -0.2) is 4.98 Å². The number of oxazole rings is 1. The number of aromatic nitrogens is 2. The van der Waals surface area contributed by atoms with Gasteiger partial charge in [-0.2, -0.15) is 0 Å². The summed E-state index contributed by atoms with van der Waals surface area (Å²) < 4.78 is 5.75. The third-order valence-electron chi connectivity index (χ3n) is 3.23. The Balaban J connectivity index is 1.82. The number of pyridine rings is 1. The Labute approximate surface area is 125 Å². The number of benzene rings is 2. The van der Waals surface area contributed by atoms with Crippen LogP contribution in [0.25, 0.3) is 22.0 Å². The lowest BCUT2D eigenvalue weighted by molar-refractivity contribution is 0.489. The topological polar surface area (TPSA) is 64.9 Å². The third-order valence-corrected chi connectivity index (χ3v) is 4.16. The van der Waals surface area contributed by atoms with Gasteiger partial charge >= 0.3 is 0 Å². The number of rotatable bonds is 2. The monoisotopic (exact) mass is 293 g/mol. The molecule has 0 atom stereocenters. The molecular formula is C16H11N3OS. The zero-order valence-corrected chi connectivity index (χ0v) is 11.8. The maximum atomic E-state index is 5.97. The van der Waals surface area contributed by atoms with Crippen LogP contribution in [0.3, 0.4) is 0 Å².